The van der Waals surface area contributed by atoms with Gasteiger partial charge in [-0.15, -0.1) is 0 Å². The Morgan fingerprint density at radius 3 is 2.52 bits per heavy atom. The molecule has 0 atom stereocenters. The Balaban J connectivity index is 1.43. The molecule has 0 saturated carbocycles. The van der Waals surface area contributed by atoms with Crippen molar-refractivity contribution in [2.24, 2.45) is 0 Å². The summed E-state index contributed by atoms with van der Waals surface area (Å²) in [6.07, 6.45) is 3.79. The highest BCUT2D eigenvalue weighted by Crippen LogP contribution is 2.27. The van der Waals surface area contributed by atoms with Crippen LogP contribution in [0, 0.1) is 0 Å². The Labute approximate surface area is 171 Å². The van der Waals surface area contributed by atoms with Gasteiger partial charge in [-0.05, 0) is 53.8 Å². The highest BCUT2D eigenvalue weighted by molar-refractivity contribution is 5.78. The normalized spacial score (nSPS) is 14.2. The van der Waals surface area contributed by atoms with Crippen molar-refractivity contribution < 1.29 is 19.4 Å². The summed E-state index contributed by atoms with van der Waals surface area (Å²) in [5.74, 6) is 1.70. The summed E-state index contributed by atoms with van der Waals surface area (Å²) >= 11 is 0. The number of carbonyl (C=O) groups is 1. The number of nitrogens with one attached hydrogen (secondary N) is 1. The number of benzene rings is 2. The molecule has 1 amide bonds. The molecule has 1 aliphatic heterocycles. The zero-order chi connectivity index (χ0) is 20.6. The summed E-state index contributed by atoms with van der Waals surface area (Å²) in [6, 6.07) is 13.1. The average molecular weight is 396 g/mol. The number of ether oxygens (including phenoxy) is 2. The fourth-order valence-corrected chi connectivity index (χ4v) is 3.43. The molecule has 6 heteroatoms. The molecule has 0 aliphatic carbocycles. The molecule has 0 spiro atoms. The molecular formula is C23H28N2O4. The van der Waals surface area contributed by atoms with Gasteiger partial charge in [0.05, 0.1) is 20.8 Å². The van der Waals surface area contributed by atoms with Crippen molar-refractivity contribution >= 4 is 11.5 Å². The number of phenols is 1. The number of phenolic OH excluding ortho intramolecular Hbond substituents is 1. The van der Waals surface area contributed by atoms with E-state index in [0.717, 1.165) is 37.1 Å². The quantitative estimate of drug-likeness (QED) is 0.718. The van der Waals surface area contributed by atoms with E-state index in [0.29, 0.717) is 24.6 Å². The van der Waals surface area contributed by atoms with E-state index in [-0.39, 0.29) is 11.7 Å². The molecule has 29 heavy (non-hydrogen) atoms. The molecule has 6 nitrogen and oxygen atoms in total. The molecule has 0 aromatic heterocycles. The molecule has 0 unspecified atom stereocenters. The van der Waals surface area contributed by atoms with Crippen molar-refractivity contribution in [3.05, 3.63) is 59.7 Å². The molecule has 0 radical (unpaired) electrons. The second-order valence-corrected chi connectivity index (χ2v) is 7.05. The van der Waals surface area contributed by atoms with Crippen molar-refractivity contribution in [2.45, 2.75) is 12.8 Å². The first kappa shape index (κ1) is 20.7. The van der Waals surface area contributed by atoms with E-state index >= 15 is 0 Å². The lowest BCUT2D eigenvalue weighted by atomic mass is 9.99. The molecule has 1 heterocycles. The summed E-state index contributed by atoms with van der Waals surface area (Å²) in [5.41, 5.74) is 3.47. The van der Waals surface area contributed by atoms with Crippen LogP contribution < -0.4 is 14.8 Å². The van der Waals surface area contributed by atoms with Crippen LogP contribution in [-0.2, 0) is 11.2 Å². The summed E-state index contributed by atoms with van der Waals surface area (Å²) in [7, 11) is 3.23. The van der Waals surface area contributed by atoms with Gasteiger partial charge in [-0.3, -0.25) is 9.69 Å². The Kier molecular flexibility index (Phi) is 7.14. The number of hydrogen-bond donors (Lipinski definition) is 2. The molecule has 2 N–H and O–H groups in total. The Bertz CT molecular complexity index is 862. The number of carbonyl (C=O) groups excluding carboxylic acids is 1. The van der Waals surface area contributed by atoms with Gasteiger partial charge in [0.25, 0.3) is 0 Å². The van der Waals surface area contributed by atoms with Gasteiger partial charge in [-0.1, -0.05) is 24.3 Å². The summed E-state index contributed by atoms with van der Waals surface area (Å²) < 4.78 is 10.6. The fraction of sp³-hybridized carbons (Fsp3) is 0.348. The molecular weight excluding hydrogens is 368 g/mol. The van der Waals surface area contributed by atoms with E-state index in [4.69, 9.17) is 9.47 Å². The van der Waals surface area contributed by atoms with Gasteiger partial charge < -0.3 is 19.9 Å². The van der Waals surface area contributed by atoms with E-state index in [9.17, 15) is 9.90 Å². The van der Waals surface area contributed by atoms with Gasteiger partial charge >= 0.3 is 0 Å². The number of aromatic hydroxyl groups is 1. The molecule has 3 rings (SSSR count). The maximum Gasteiger partial charge on any atom is 0.234 e. The second kappa shape index (κ2) is 9.98. The average Bonchev–Trinajstić information content (AvgIpc) is 2.75. The minimum atomic E-state index is 0.0342. The standard InChI is InChI=1S/C23H28N2O4/c1-28-21-8-3-17(15-22(21)29-2)9-12-24-23(27)16-25-13-10-19(11-14-25)18-4-6-20(26)7-5-18/h3-8,10,15,26H,9,11-14,16H2,1-2H3,(H,24,27). The summed E-state index contributed by atoms with van der Waals surface area (Å²) in [6.45, 7) is 2.57. The number of hydrogen-bond acceptors (Lipinski definition) is 5. The zero-order valence-corrected chi connectivity index (χ0v) is 17.0. The Morgan fingerprint density at radius 1 is 1.10 bits per heavy atom. The number of methoxy groups -OCH3 is 2. The number of amides is 1. The SMILES string of the molecule is COc1ccc(CCNC(=O)CN2CC=C(c3ccc(O)cc3)CC2)cc1OC. The minimum absolute atomic E-state index is 0.0342. The lowest BCUT2D eigenvalue weighted by molar-refractivity contribution is -0.122. The van der Waals surface area contributed by atoms with Gasteiger partial charge in [0.2, 0.25) is 5.91 Å². The summed E-state index contributed by atoms with van der Waals surface area (Å²) in [5, 5.41) is 12.4. The van der Waals surface area contributed by atoms with Crippen LogP contribution >= 0.6 is 0 Å². The van der Waals surface area contributed by atoms with E-state index in [1.807, 2.05) is 30.3 Å². The van der Waals surface area contributed by atoms with Crippen LogP contribution in [0.25, 0.3) is 5.57 Å². The maximum atomic E-state index is 12.3. The van der Waals surface area contributed by atoms with E-state index in [1.54, 1.807) is 26.4 Å². The minimum Gasteiger partial charge on any atom is -0.508 e. The van der Waals surface area contributed by atoms with Gasteiger partial charge in [0.15, 0.2) is 11.5 Å². The van der Waals surface area contributed by atoms with E-state index < -0.39 is 0 Å². The van der Waals surface area contributed by atoms with Crippen LogP contribution in [0.5, 0.6) is 17.2 Å². The largest absolute Gasteiger partial charge is 0.508 e. The van der Waals surface area contributed by atoms with Crippen molar-refractivity contribution in [1.82, 2.24) is 10.2 Å². The van der Waals surface area contributed by atoms with Crippen molar-refractivity contribution in [2.75, 3.05) is 40.4 Å². The first-order valence-corrected chi connectivity index (χ1v) is 9.77. The van der Waals surface area contributed by atoms with Crippen LogP contribution in [0.1, 0.15) is 17.5 Å². The van der Waals surface area contributed by atoms with Crippen LogP contribution in [-0.4, -0.2) is 56.3 Å². The molecule has 2 aromatic rings. The van der Waals surface area contributed by atoms with Crippen LogP contribution in [0.3, 0.4) is 0 Å². The van der Waals surface area contributed by atoms with Crippen LogP contribution in [0.2, 0.25) is 0 Å². The third-order valence-electron chi connectivity index (χ3n) is 5.08. The molecule has 154 valence electrons. The zero-order valence-electron chi connectivity index (χ0n) is 17.0. The van der Waals surface area contributed by atoms with Crippen LogP contribution in [0.15, 0.2) is 48.5 Å². The third kappa shape index (κ3) is 5.74. The van der Waals surface area contributed by atoms with Crippen LogP contribution in [0.4, 0.5) is 0 Å². The highest BCUT2D eigenvalue weighted by atomic mass is 16.5. The first-order valence-electron chi connectivity index (χ1n) is 9.77. The van der Waals surface area contributed by atoms with Gasteiger partial charge in [0, 0.05) is 19.6 Å². The molecule has 0 saturated heterocycles. The molecule has 2 aromatic carbocycles. The fourth-order valence-electron chi connectivity index (χ4n) is 3.43. The van der Waals surface area contributed by atoms with Gasteiger partial charge in [-0.2, -0.15) is 0 Å². The smallest absolute Gasteiger partial charge is 0.234 e. The first-order chi connectivity index (χ1) is 14.1. The third-order valence-corrected chi connectivity index (χ3v) is 5.08. The monoisotopic (exact) mass is 396 g/mol. The van der Waals surface area contributed by atoms with Gasteiger partial charge in [-0.25, -0.2) is 0 Å². The summed E-state index contributed by atoms with van der Waals surface area (Å²) in [4.78, 5) is 14.4. The highest BCUT2D eigenvalue weighted by Gasteiger charge is 2.15. The van der Waals surface area contributed by atoms with Crippen molar-refractivity contribution in [3.8, 4) is 17.2 Å². The predicted octanol–water partition coefficient (Wildman–Crippen LogP) is 2.86. The van der Waals surface area contributed by atoms with E-state index in [1.165, 1.54) is 5.57 Å². The Hall–Kier alpha value is -2.99. The van der Waals surface area contributed by atoms with E-state index in [2.05, 4.69) is 16.3 Å². The Morgan fingerprint density at radius 2 is 1.86 bits per heavy atom. The number of rotatable bonds is 8. The lowest BCUT2D eigenvalue weighted by Gasteiger charge is -2.26. The molecule has 1 aliphatic rings. The van der Waals surface area contributed by atoms with Crippen molar-refractivity contribution in [1.29, 1.82) is 0 Å². The number of nitrogens with zero attached hydrogens (tertiary/aromatic N) is 1. The van der Waals surface area contributed by atoms with Gasteiger partial charge in [0.1, 0.15) is 5.75 Å². The maximum absolute atomic E-state index is 12.3. The molecule has 0 bridgehead atoms. The molecule has 0 fully saturated rings. The second-order valence-electron chi connectivity index (χ2n) is 7.05. The van der Waals surface area contributed by atoms with Crippen molar-refractivity contribution in [3.63, 3.8) is 0 Å². The lowest BCUT2D eigenvalue weighted by Crippen LogP contribution is -2.39. The topological polar surface area (TPSA) is 71.0 Å². The predicted molar refractivity (Wildman–Crippen MR) is 113 cm³/mol.